The molecular weight excluding hydrogens is 202 g/mol. The summed E-state index contributed by atoms with van der Waals surface area (Å²) in [6, 6.07) is 1.29. The number of hydrogen-bond acceptors (Lipinski definition) is 3. The number of ether oxygens (including phenoxy) is 1. The molecule has 2 aliphatic heterocycles. The summed E-state index contributed by atoms with van der Waals surface area (Å²) in [6.07, 6.45) is 5.68. The largest absolute Gasteiger partial charge is 0.462 e. The van der Waals surface area contributed by atoms with Crippen molar-refractivity contribution in [1.82, 2.24) is 4.90 Å². The average Bonchev–Trinajstić information content (AvgIpc) is 2.52. The van der Waals surface area contributed by atoms with E-state index in [2.05, 4.69) is 11.9 Å². The molecule has 3 heteroatoms. The molecule has 2 bridgehead atoms. The molecule has 0 amide bonds. The van der Waals surface area contributed by atoms with Crippen molar-refractivity contribution in [1.29, 1.82) is 0 Å². The molecule has 0 saturated carbocycles. The van der Waals surface area contributed by atoms with Crippen molar-refractivity contribution in [2.45, 2.75) is 64.1 Å². The highest BCUT2D eigenvalue weighted by atomic mass is 16.5. The summed E-state index contributed by atoms with van der Waals surface area (Å²) < 4.78 is 5.61. The monoisotopic (exact) mass is 225 g/mol. The van der Waals surface area contributed by atoms with E-state index in [1.165, 1.54) is 12.8 Å². The van der Waals surface area contributed by atoms with Crippen LogP contribution in [0.25, 0.3) is 0 Å². The normalized spacial score (nSPS) is 36.1. The number of esters is 1. The van der Waals surface area contributed by atoms with E-state index in [1.54, 1.807) is 0 Å². The molecule has 3 nitrogen and oxygen atoms in total. The van der Waals surface area contributed by atoms with E-state index in [0.717, 1.165) is 19.3 Å². The fourth-order valence-electron chi connectivity index (χ4n) is 2.90. The number of carbonyl (C=O) groups is 1. The van der Waals surface area contributed by atoms with Crippen LogP contribution in [0.4, 0.5) is 0 Å². The highest BCUT2D eigenvalue weighted by Gasteiger charge is 2.40. The second kappa shape index (κ2) is 4.74. The summed E-state index contributed by atoms with van der Waals surface area (Å²) in [5.74, 6) is 0.0498. The van der Waals surface area contributed by atoms with Gasteiger partial charge in [-0.3, -0.25) is 4.79 Å². The van der Waals surface area contributed by atoms with Crippen LogP contribution in [-0.2, 0) is 9.53 Å². The minimum absolute atomic E-state index is 0.00328. The number of nitrogens with zero attached hydrogens (tertiary/aromatic N) is 1. The minimum atomic E-state index is -0.00328. The van der Waals surface area contributed by atoms with Gasteiger partial charge in [0.25, 0.3) is 0 Å². The number of fused-ring (bicyclic) bond motifs is 2. The van der Waals surface area contributed by atoms with Gasteiger partial charge < -0.3 is 9.64 Å². The van der Waals surface area contributed by atoms with Gasteiger partial charge >= 0.3 is 5.97 Å². The lowest BCUT2D eigenvalue weighted by Gasteiger charge is -2.36. The van der Waals surface area contributed by atoms with Gasteiger partial charge in [0.1, 0.15) is 6.10 Å². The molecule has 2 heterocycles. The Labute approximate surface area is 98.1 Å². The van der Waals surface area contributed by atoms with Gasteiger partial charge in [-0.05, 0) is 39.2 Å². The van der Waals surface area contributed by atoms with E-state index in [1.807, 2.05) is 13.8 Å². The second-order valence-electron chi connectivity index (χ2n) is 5.39. The van der Waals surface area contributed by atoms with E-state index in [9.17, 15) is 4.79 Å². The smallest absolute Gasteiger partial charge is 0.308 e. The van der Waals surface area contributed by atoms with Crippen molar-refractivity contribution in [2.75, 3.05) is 7.05 Å². The van der Waals surface area contributed by atoms with Crippen LogP contribution in [0.1, 0.15) is 46.0 Å². The van der Waals surface area contributed by atoms with Gasteiger partial charge in [-0.15, -0.1) is 0 Å². The van der Waals surface area contributed by atoms with Crippen LogP contribution in [0.2, 0.25) is 0 Å². The first-order chi connectivity index (χ1) is 7.61. The molecule has 92 valence electrons. The Morgan fingerprint density at radius 2 is 1.94 bits per heavy atom. The maximum Gasteiger partial charge on any atom is 0.308 e. The summed E-state index contributed by atoms with van der Waals surface area (Å²) in [7, 11) is 2.20. The minimum Gasteiger partial charge on any atom is -0.462 e. The average molecular weight is 225 g/mol. The zero-order valence-electron chi connectivity index (χ0n) is 10.6. The highest BCUT2D eigenvalue weighted by molar-refractivity contribution is 5.72. The van der Waals surface area contributed by atoms with E-state index >= 15 is 0 Å². The second-order valence-corrected chi connectivity index (χ2v) is 5.39. The Hall–Kier alpha value is -0.570. The predicted molar refractivity (Wildman–Crippen MR) is 63.1 cm³/mol. The topological polar surface area (TPSA) is 29.5 Å². The predicted octanol–water partition coefficient (Wildman–Crippen LogP) is 2.20. The number of carbonyl (C=O) groups excluding carboxylic acids is 1. The zero-order chi connectivity index (χ0) is 11.7. The van der Waals surface area contributed by atoms with Crippen molar-refractivity contribution in [3.63, 3.8) is 0 Å². The lowest BCUT2D eigenvalue weighted by atomic mass is 10.00. The van der Waals surface area contributed by atoms with E-state index in [4.69, 9.17) is 4.74 Å². The van der Waals surface area contributed by atoms with Gasteiger partial charge in [-0.1, -0.05) is 13.8 Å². The standard InChI is InChI=1S/C13H23NO2/c1-4-9(2)13(15)16-12-7-10-5-6-11(8-12)14(10)3/h9-12H,4-8H2,1-3H3/t9?,10-,11+,12?. The van der Waals surface area contributed by atoms with E-state index in [0.29, 0.717) is 12.1 Å². The maximum atomic E-state index is 11.7. The summed E-state index contributed by atoms with van der Waals surface area (Å²) in [5.41, 5.74) is 0. The summed E-state index contributed by atoms with van der Waals surface area (Å²) in [5, 5.41) is 0. The van der Waals surface area contributed by atoms with Crippen LogP contribution in [0.3, 0.4) is 0 Å². The van der Waals surface area contributed by atoms with Crippen LogP contribution < -0.4 is 0 Å². The van der Waals surface area contributed by atoms with Gasteiger partial charge in [0.2, 0.25) is 0 Å². The Balaban J connectivity index is 1.87. The summed E-state index contributed by atoms with van der Waals surface area (Å²) in [4.78, 5) is 14.2. The zero-order valence-corrected chi connectivity index (χ0v) is 10.6. The summed E-state index contributed by atoms with van der Waals surface area (Å²) in [6.45, 7) is 3.98. The molecule has 0 aromatic rings. The molecule has 0 aromatic carbocycles. The molecule has 0 aliphatic carbocycles. The molecule has 0 aromatic heterocycles. The molecule has 0 radical (unpaired) electrons. The lowest BCUT2D eigenvalue weighted by Crippen LogP contribution is -2.43. The third-order valence-corrected chi connectivity index (χ3v) is 4.35. The van der Waals surface area contributed by atoms with Gasteiger partial charge in [-0.2, -0.15) is 0 Å². The molecule has 0 N–H and O–H groups in total. The molecule has 2 saturated heterocycles. The SMILES string of the molecule is CCC(C)C(=O)OC1C[C@H]2CC[C@@H](C1)N2C. The molecule has 16 heavy (non-hydrogen) atoms. The Bertz CT molecular complexity index is 253. The fourth-order valence-corrected chi connectivity index (χ4v) is 2.90. The molecule has 4 atom stereocenters. The molecule has 2 unspecified atom stereocenters. The fraction of sp³-hybridized carbons (Fsp3) is 0.923. The molecular formula is C13H23NO2. The quantitative estimate of drug-likeness (QED) is 0.690. The van der Waals surface area contributed by atoms with Gasteiger partial charge in [-0.25, -0.2) is 0 Å². The van der Waals surface area contributed by atoms with Crippen molar-refractivity contribution in [3.05, 3.63) is 0 Å². The number of rotatable bonds is 3. The highest BCUT2D eigenvalue weighted by Crippen LogP contribution is 2.35. The molecule has 0 spiro atoms. The Kier molecular flexibility index (Phi) is 3.53. The van der Waals surface area contributed by atoms with Crippen molar-refractivity contribution >= 4 is 5.97 Å². The molecule has 2 fully saturated rings. The molecule has 2 aliphatic rings. The Morgan fingerprint density at radius 1 is 1.38 bits per heavy atom. The van der Waals surface area contributed by atoms with E-state index < -0.39 is 0 Å². The molecule has 2 rings (SSSR count). The first-order valence-electron chi connectivity index (χ1n) is 6.54. The third-order valence-electron chi connectivity index (χ3n) is 4.35. The van der Waals surface area contributed by atoms with Crippen molar-refractivity contribution in [2.24, 2.45) is 5.92 Å². The number of piperidine rings is 1. The van der Waals surface area contributed by atoms with Crippen LogP contribution in [0.5, 0.6) is 0 Å². The van der Waals surface area contributed by atoms with Crippen molar-refractivity contribution < 1.29 is 9.53 Å². The van der Waals surface area contributed by atoms with E-state index in [-0.39, 0.29) is 18.0 Å². The van der Waals surface area contributed by atoms with Crippen molar-refractivity contribution in [3.8, 4) is 0 Å². The van der Waals surface area contributed by atoms with Crippen LogP contribution in [0, 0.1) is 5.92 Å². The maximum absolute atomic E-state index is 11.7. The Morgan fingerprint density at radius 3 is 2.44 bits per heavy atom. The van der Waals surface area contributed by atoms with Gasteiger partial charge in [0, 0.05) is 12.1 Å². The van der Waals surface area contributed by atoms with Gasteiger partial charge in [0.05, 0.1) is 5.92 Å². The first kappa shape index (κ1) is 11.9. The number of hydrogen-bond donors (Lipinski definition) is 0. The lowest BCUT2D eigenvalue weighted by molar-refractivity contribution is -0.156. The van der Waals surface area contributed by atoms with Crippen LogP contribution >= 0.6 is 0 Å². The summed E-state index contributed by atoms with van der Waals surface area (Å²) >= 11 is 0. The van der Waals surface area contributed by atoms with Crippen LogP contribution in [-0.4, -0.2) is 36.1 Å². The third kappa shape index (κ3) is 2.24. The first-order valence-corrected chi connectivity index (χ1v) is 6.54. The van der Waals surface area contributed by atoms with Gasteiger partial charge in [0.15, 0.2) is 0 Å². The van der Waals surface area contributed by atoms with Crippen LogP contribution in [0.15, 0.2) is 0 Å².